The Bertz CT molecular complexity index is 1650. The number of nitrogens with zero attached hydrogens (tertiary/aromatic N) is 2. The lowest BCUT2D eigenvalue weighted by Gasteiger charge is -2.20. The Morgan fingerprint density at radius 1 is 0.923 bits per heavy atom. The summed E-state index contributed by atoms with van der Waals surface area (Å²) in [6, 6.07) is 20.9. The molecule has 39 heavy (non-hydrogen) atoms. The summed E-state index contributed by atoms with van der Waals surface area (Å²) in [4.78, 5) is 22.9. The average molecular weight is 562 g/mol. The number of benzene rings is 3. The minimum absolute atomic E-state index is 0.00234. The van der Waals surface area contributed by atoms with E-state index < -0.39 is 10.0 Å². The van der Waals surface area contributed by atoms with Crippen LogP contribution < -0.4 is 24.8 Å². The SMILES string of the molecule is COc1cc(NS(=O)(=O)c2ccc(N/C=C\C(=O)c3ccc4c(c3)Nc3ccccc3S4)cc2)nc(OC)n1. The zero-order valence-electron chi connectivity index (χ0n) is 20.8. The molecular weight excluding hydrogens is 538 g/mol. The maximum absolute atomic E-state index is 12.8. The number of allylic oxidation sites excluding steroid dienone is 1. The molecule has 0 bridgehead atoms. The van der Waals surface area contributed by atoms with Crippen LogP contribution in [0.4, 0.5) is 22.9 Å². The van der Waals surface area contributed by atoms with Gasteiger partial charge in [-0.3, -0.25) is 9.52 Å². The third kappa shape index (κ3) is 5.97. The van der Waals surface area contributed by atoms with Crippen molar-refractivity contribution >= 4 is 50.4 Å². The van der Waals surface area contributed by atoms with Crippen molar-refractivity contribution in [2.75, 3.05) is 29.6 Å². The van der Waals surface area contributed by atoms with E-state index in [1.165, 1.54) is 44.7 Å². The zero-order valence-corrected chi connectivity index (χ0v) is 22.5. The van der Waals surface area contributed by atoms with Gasteiger partial charge in [-0.05, 0) is 54.6 Å². The molecule has 12 heteroatoms. The van der Waals surface area contributed by atoms with E-state index in [0.717, 1.165) is 21.2 Å². The quantitative estimate of drug-likeness (QED) is 0.161. The number of rotatable bonds is 9. The summed E-state index contributed by atoms with van der Waals surface area (Å²) in [5.41, 5.74) is 3.04. The van der Waals surface area contributed by atoms with Gasteiger partial charge in [0.25, 0.3) is 10.0 Å². The molecule has 0 amide bonds. The fraction of sp³-hybridized carbons (Fsp3) is 0.0741. The van der Waals surface area contributed by atoms with Crippen LogP contribution in [0, 0.1) is 0 Å². The first-order valence-corrected chi connectivity index (χ1v) is 13.9. The highest BCUT2D eigenvalue weighted by Gasteiger charge is 2.18. The van der Waals surface area contributed by atoms with Crippen molar-refractivity contribution in [2.24, 2.45) is 0 Å². The molecule has 0 fully saturated rings. The number of ketones is 1. The molecule has 0 aliphatic carbocycles. The van der Waals surface area contributed by atoms with Gasteiger partial charge in [0, 0.05) is 39.4 Å². The van der Waals surface area contributed by atoms with Gasteiger partial charge in [-0.2, -0.15) is 9.97 Å². The van der Waals surface area contributed by atoms with Crippen molar-refractivity contribution in [2.45, 2.75) is 14.7 Å². The first-order valence-electron chi connectivity index (χ1n) is 11.6. The van der Waals surface area contributed by atoms with Gasteiger partial charge in [-0.1, -0.05) is 23.9 Å². The van der Waals surface area contributed by atoms with Crippen molar-refractivity contribution in [3.05, 3.63) is 90.6 Å². The van der Waals surface area contributed by atoms with E-state index in [9.17, 15) is 13.2 Å². The summed E-state index contributed by atoms with van der Waals surface area (Å²) < 4.78 is 38.0. The molecule has 0 unspecified atom stereocenters. The molecule has 1 aliphatic heterocycles. The summed E-state index contributed by atoms with van der Waals surface area (Å²) in [6.45, 7) is 0. The molecule has 4 aromatic rings. The molecule has 5 rings (SSSR count). The van der Waals surface area contributed by atoms with Crippen LogP contribution in [0.15, 0.2) is 99.8 Å². The highest BCUT2D eigenvalue weighted by Crippen LogP contribution is 2.44. The topological polar surface area (TPSA) is 132 Å². The van der Waals surface area contributed by atoms with Crippen LogP contribution in [0.1, 0.15) is 10.4 Å². The van der Waals surface area contributed by atoms with Crippen LogP contribution >= 0.6 is 11.8 Å². The number of nitrogens with one attached hydrogen (secondary N) is 3. The molecule has 10 nitrogen and oxygen atoms in total. The Morgan fingerprint density at radius 3 is 2.46 bits per heavy atom. The third-order valence-corrected chi connectivity index (χ3v) is 8.12. The van der Waals surface area contributed by atoms with Gasteiger partial charge >= 0.3 is 6.01 Å². The summed E-state index contributed by atoms with van der Waals surface area (Å²) in [7, 11) is -1.17. The predicted octanol–water partition coefficient (Wildman–Crippen LogP) is 5.31. The fourth-order valence-corrected chi connectivity index (χ4v) is 5.64. The van der Waals surface area contributed by atoms with Crippen molar-refractivity contribution in [1.82, 2.24) is 9.97 Å². The molecule has 198 valence electrons. The Balaban J connectivity index is 1.22. The normalized spacial score (nSPS) is 12.2. The number of anilines is 4. The van der Waals surface area contributed by atoms with Crippen LogP contribution in [0.5, 0.6) is 11.9 Å². The number of fused-ring (bicyclic) bond motifs is 2. The molecule has 0 atom stereocenters. The number of sulfonamides is 1. The van der Waals surface area contributed by atoms with E-state index in [0.29, 0.717) is 11.3 Å². The Kier molecular flexibility index (Phi) is 7.39. The van der Waals surface area contributed by atoms with Gasteiger partial charge in [-0.25, -0.2) is 8.42 Å². The smallest absolute Gasteiger partial charge is 0.321 e. The number of carbonyl (C=O) groups is 1. The van der Waals surface area contributed by atoms with Crippen LogP contribution in [0.3, 0.4) is 0 Å². The van der Waals surface area contributed by atoms with E-state index in [2.05, 4.69) is 31.4 Å². The van der Waals surface area contributed by atoms with Crippen molar-refractivity contribution in [1.29, 1.82) is 0 Å². The molecule has 2 heterocycles. The number of para-hydroxylation sites is 1. The lowest BCUT2D eigenvalue weighted by molar-refractivity contribution is 0.104. The van der Waals surface area contributed by atoms with Crippen LogP contribution in [-0.4, -0.2) is 38.4 Å². The lowest BCUT2D eigenvalue weighted by Crippen LogP contribution is -2.14. The lowest BCUT2D eigenvalue weighted by atomic mass is 10.1. The van der Waals surface area contributed by atoms with Gasteiger partial charge in [0.1, 0.15) is 0 Å². The van der Waals surface area contributed by atoms with Crippen LogP contribution in [-0.2, 0) is 10.0 Å². The standard InChI is InChI=1S/C27H23N5O5S2/c1-36-26-16-25(30-27(31-26)37-2)32-39(34,35)19-10-8-18(9-11-19)28-14-13-22(33)17-7-12-24-21(15-17)29-20-5-3-4-6-23(20)38-24/h3-16,28-29H,1-2H3,(H,30,31,32)/b14-13-. The summed E-state index contributed by atoms with van der Waals surface area (Å²) in [6.07, 6.45) is 2.94. The third-order valence-electron chi connectivity index (χ3n) is 5.60. The van der Waals surface area contributed by atoms with Gasteiger partial charge in [0.05, 0.1) is 30.5 Å². The van der Waals surface area contributed by atoms with Gasteiger partial charge in [0.15, 0.2) is 11.6 Å². The molecule has 1 aromatic heterocycles. The van der Waals surface area contributed by atoms with E-state index in [1.807, 2.05) is 30.3 Å². The first-order chi connectivity index (χ1) is 18.8. The Labute approximate surface area is 229 Å². The van der Waals surface area contributed by atoms with Crippen molar-refractivity contribution in [3.8, 4) is 11.9 Å². The van der Waals surface area contributed by atoms with Gasteiger partial charge < -0.3 is 20.1 Å². The summed E-state index contributed by atoms with van der Waals surface area (Å²) in [5.74, 6) is -0.0195. The molecule has 0 saturated heterocycles. The number of hydrogen-bond acceptors (Lipinski definition) is 10. The van der Waals surface area contributed by atoms with Gasteiger partial charge in [-0.15, -0.1) is 0 Å². The van der Waals surface area contributed by atoms with Crippen LogP contribution in [0.25, 0.3) is 0 Å². The molecular formula is C27H23N5O5S2. The second kappa shape index (κ2) is 11.1. The Morgan fingerprint density at radius 2 is 1.69 bits per heavy atom. The number of aromatic nitrogens is 2. The molecule has 3 aromatic carbocycles. The second-order valence-corrected chi connectivity index (χ2v) is 11.0. The highest BCUT2D eigenvalue weighted by molar-refractivity contribution is 7.99. The molecule has 0 saturated carbocycles. The van der Waals surface area contributed by atoms with Crippen molar-refractivity contribution in [3.63, 3.8) is 0 Å². The number of hydrogen-bond donors (Lipinski definition) is 3. The molecule has 0 spiro atoms. The maximum atomic E-state index is 12.8. The van der Waals surface area contributed by atoms with E-state index in [4.69, 9.17) is 9.47 Å². The second-order valence-electron chi connectivity index (χ2n) is 8.19. The summed E-state index contributed by atoms with van der Waals surface area (Å²) in [5, 5.41) is 6.36. The minimum Gasteiger partial charge on any atom is -0.481 e. The van der Waals surface area contributed by atoms with Gasteiger partial charge in [0.2, 0.25) is 5.88 Å². The Hall–Kier alpha value is -4.55. The molecule has 1 aliphatic rings. The maximum Gasteiger partial charge on any atom is 0.321 e. The van der Waals surface area contributed by atoms with Crippen molar-refractivity contribution < 1.29 is 22.7 Å². The van der Waals surface area contributed by atoms with E-state index in [1.54, 1.807) is 30.0 Å². The first kappa shape index (κ1) is 26.1. The minimum atomic E-state index is -3.94. The largest absolute Gasteiger partial charge is 0.481 e. The molecule has 0 radical (unpaired) electrons. The van der Waals surface area contributed by atoms with E-state index in [-0.39, 0.29) is 28.4 Å². The monoisotopic (exact) mass is 561 g/mol. The average Bonchev–Trinajstić information content (AvgIpc) is 2.95. The number of carbonyl (C=O) groups excluding carboxylic acids is 1. The number of methoxy groups -OCH3 is 2. The summed E-state index contributed by atoms with van der Waals surface area (Å²) >= 11 is 1.66. The van der Waals surface area contributed by atoms with E-state index >= 15 is 0 Å². The zero-order chi connectivity index (χ0) is 27.4. The molecule has 3 N–H and O–H groups in total. The fourth-order valence-electron chi connectivity index (χ4n) is 3.68. The van der Waals surface area contributed by atoms with Crippen LogP contribution in [0.2, 0.25) is 0 Å². The predicted molar refractivity (Wildman–Crippen MR) is 150 cm³/mol. The number of ether oxygens (including phenoxy) is 2. The highest BCUT2D eigenvalue weighted by atomic mass is 32.2.